The molecule has 1 unspecified atom stereocenters. The number of unbranched alkanes of at least 4 members (excludes halogenated alkanes) is 4. The molecule has 0 bridgehead atoms. The number of carbonyl (C=O) groups excluding carboxylic acids is 1. The first-order valence-electron chi connectivity index (χ1n) is 12.5. The number of hydrogen-bond acceptors (Lipinski definition) is 5. The highest BCUT2D eigenvalue weighted by molar-refractivity contribution is 5.69. The molecule has 0 radical (unpaired) electrons. The highest BCUT2D eigenvalue weighted by atomic mass is 16.5. The molecule has 30 heavy (non-hydrogen) atoms. The van der Waals surface area contributed by atoms with Crippen LogP contribution in [0.1, 0.15) is 98.3 Å². The SMILES string of the molecule is CCCCC(CC)COCCOCCOCCCC(=O)OCCCCCCC(C)C. The monoisotopic (exact) mass is 430 g/mol. The highest BCUT2D eigenvalue weighted by Crippen LogP contribution is 2.12. The lowest BCUT2D eigenvalue weighted by molar-refractivity contribution is -0.144. The first-order chi connectivity index (χ1) is 14.6. The van der Waals surface area contributed by atoms with Crippen LogP contribution in [-0.2, 0) is 23.7 Å². The summed E-state index contributed by atoms with van der Waals surface area (Å²) < 4.78 is 22.0. The van der Waals surface area contributed by atoms with Crippen LogP contribution < -0.4 is 0 Å². The Labute approximate surface area is 186 Å². The summed E-state index contributed by atoms with van der Waals surface area (Å²) in [5.41, 5.74) is 0. The van der Waals surface area contributed by atoms with E-state index < -0.39 is 0 Å². The third kappa shape index (κ3) is 22.0. The molecule has 5 heteroatoms. The van der Waals surface area contributed by atoms with Gasteiger partial charge in [0.1, 0.15) is 0 Å². The van der Waals surface area contributed by atoms with Gasteiger partial charge >= 0.3 is 5.97 Å². The molecule has 0 N–H and O–H groups in total. The summed E-state index contributed by atoms with van der Waals surface area (Å²) in [6.07, 6.45) is 12.0. The summed E-state index contributed by atoms with van der Waals surface area (Å²) in [6, 6.07) is 0. The van der Waals surface area contributed by atoms with Gasteiger partial charge in [-0.15, -0.1) is 0 Å². The van der Waals surface area contributed by atoms with E-state index in [1.807, 2.05) is 0 Å². The van der Waals surface area contributed by atoms with Crippen molar-refractivity contribution in [3.8, 4) is 0 Å². The molecule has 0 rings (SSSR count). The second-order valence-corrected chi connectivity index (χ2v) is 8.64. The molecule has 5 nitrogen and oxygen atoms in total. The molecule has 0 aliphatic rings. The minimum atomic E-state index is -0.113. The standard InChI is InChI=1S/C25H50O5/c1-5-7-14-24(6-2)22-29-21-20-28-19-18-27-16-12-15-25(26)30-17-11-9-8-10-13-23(3)4/h23-24H,5-22H2,1-4H3. The molecule has 0 aromatic heterocycles. The van der Waals surface area contributed by atoms with Gasteiger partial charge in [-0.3, -0.25) is 4.79 Å². The molecule has 0 aromatic rings. The van der Waals surface area contributed by atoms with Crippen molar-refractivity contribution in [2.45, 2.75) is 98.3 Å². The second kappa shape index (κ2) is 23.0. The van der Waals surface area contributed by atoms with E-state index >= 15 is 0 Å². The average molecular weight is 431 g/mol. The van der Waals surface area contributed by atoms with Gasteiger partial charge in [0.15, 0.2) is 0 Å². The fourth-order valence-electron chi connectivity index (χ4n) is 3.17. The number of esters is 1. The molecule has 0 aliphatic carbocycles. The number of ether oxygens (including phenoxy) is 4. The Hall–Kier alpha value is -0.650. The maximum absolute atomic E-state index is 11.7. The molecule has 0 saturated heterocycles. The van der Waals surface area contributed by atoms with E-state index in [2.05, 4.69) is 27.7 Å². The number of rotatable bonds is 23. The van der Waals surface area contributed by atoms with Crippen LogP contribution in [0.2, 0.25) is 0 Å². The number of carbonyl (C=O) groups is 1. The molecule has 0 spiro atoms. The van der Waals surface area contributed by atoms with E-state index in [1.165, 1.54) is 44.9 Å². The first-order valence-corrected chi connectivity index (χ1v) is 12.5. The highest BCUT2D eigenvalue weighted by Gasteiger charge is 2.06. The molecular weight excluding hydrogens is 380 g/mol. The maximum Gasteiger partial charge on any atom is 0.305 e. The Bertz CT molecular complexity index is 359. The summed E-state index contributed by atoms with van der Waals surface area (Å²) in [4.78, 5) is 11.7. The van der Waals surface area contributed by atoms with Gasteiger partial charge in [-0.25, -0.2) is 0 Å². The fourth-order valence-corrected chi connectivity index (χ4v) is 3.17. The van der Waals surface area contributed by atoms with Crippen LogP contribution in [0.5, 0.6) is 0 Å². The van der Waals surface area contributed by atoms with Crippen molar-refractivity contribution in [1.82, 2.24) is 0 Å². The molecule has 180 valence electrons. The molecular formula is C25H50O5. The van der Waals surface area contributed by atoms with Crippen LogP contribution in [0.25, 0.3) is 0 Å². The predicted molar refractivity (Wildman–Crippen MR) is 124 cm³/mol. The van der Waals surface area contributed by atoms with E-state index in [4.69, 9.17) is 18.9 Å². The van der Waals surface area contributed by atoms with Gasteiger partial charge in [-0.1, -0.05) is 72.6 Å². The van der Waals surface area contributed by atoms with E-state index in [0.717, 1.165) is 25.4 Å². The summed E-state index contributed by atoms with van der Waals surface area (Å²) in [5.74, 6) is 1.34. The van der Waals surface area contributed by atoms with Gasteiger partial charge in [-0.2, -0.15) is 0 Å². The lowest BCUT2D eigenvalue weighted by Crippen LogP contribution is -2.14. The Morgan fingerprint density at radius 3 is 2.03 bits per heavy atom. The zero-order valence-electron chi connectivity index (χ0n) is 20.4. The van der Waals surface area contributed by atoms with Crippen LogP contribution in [0.3, 0.4) is 0 Å². The first kappa shape index (κ1) is 29.4. The van der Waals surface area contributed by atoms with Crippen molar-refractivity contribution in [1.29, 1.82) is 0 Å². The summed E-state index contributed by atoms with van der Waals surface area (Å²) >= 11 is 0. The third-order valence-corrected chi connectivity index (χ3v) is 5.25. The second-order valence-electron chi connectivity index (χ2n) is 8.64. The van der Waals surface area contributed by atoms with Crippen molar-refractivity contribution in [3.05, 3.63) is 0 Å². The minimum absolute atomic E-state index is 0.113. The van der Waals surface area contributed by atoms with Gasteiger partial charge in [0.2, 0.25) is 0 Å². The minimum Gasteiger partial charge on any atom is -0.466 e. The molecule has 0 heterocycles. The zero-order valence-corrected chi connectivity index (χ0v) is 20.4. The Morgan fingerprint density at radius 2 is 1.37 bits per heavy atom. The summed E-state index contributed by atoms with van der Waals surface area (Å²) in [6.45, 7) is 13.3. The fraction of sp³-hybridized carbons (Fsp3) is 0.960. The van der Waals surface area contributed by atoms with Crippen LogP contribution in [0, 0.1) is 11.8 Å². The third-order valence-electron chi connectivity index (χ3n) is 5.25. The van der Waals surface area contributed by atoms with Crippen LogP contribution >= 0.6 is 0 Å². The van der Waals surface area contributed by atoms with Gasteiger partial charge in [0.05, 0.1) is 33.0 Å². The van der Waals surface area contributed by atoms with Crippen molar-refractivity contribution >= 4 is 5.97 Å². The Morgan fingerprint density at radius 1 is 0.700 bits per heavy atom. The summed E-state index contributed by atoms with van der Waals surface area (Å²) in [5, 5.41) is 0. The summed E-state index contributed by atoms with van der Waals surface area (Å²) in [7, 11) is 0. The van der Waals surface area contributed by atoms with E-state index in [-0.39, 0.29) is 5.97 Å². The largest absolute Gasteiger partial charge is 0.466 e. The van der Waals surface area contributed by atoms with Crippen molar-refractivity contribution < 1.29 is 23.7 Å². The van der Waals surface area contributed by atoms with Gasteiger partial charge in [0.25, 0.3) is 0 Å². The van der Waals surface area contributed by atoms with Crippen LogP contribution in [0.15, 0.2) is 0 Å². The van der Waals surface area contributed by atoms with Crippen LogP contribution in [-0.4, -0.2) is 52.2 Å². The van der Waals surface area contributed by atoms with Crippen LogP contribution in [0.4, 0.5) is 0 Å². The molecule has 1 atom stereocenters. The van der Waals surface area contributed by atoms with Crippen molar-refractivity contribution in [2.75, 3.05) is 46.2 Å². The maximum atomic E-state index is 11.7. The Kier molecular flexibility index (Phi) is 22.5. The molecule has 0 fully saturated rings. The Balaban J connectivity index is 3.27. The quantitative estimate of drug-likeness (QED) is 0.143. The van der Waals surface area contributed by atoms with Gasteiger partial charge in [-0.05, 0) is 31.1 Å². The smallest absolute Gasteiger partial charge is 0.305 e. The van der Waals surface area contributed by atoms with E-state index in [1.54, 1.807) is 0 Å². The predicted octanol–water partition coefficient (Wildman–Crippen LogP) is 6.18. The molecule has 0 saturated carbocycles. The molecule has 0 aromatic carbocycles. The lowest BCUT2D eigenvalue weighted by atomic mass is 10.0. The van der Waals surface area contributed by atoms with E-state index in [9.17, 15) is 4.79 Å². The number of hydrogen-bond donors (Lipinski definition) is 0. The average Bonchev–Trinajstić information content (AvgIpc) is 2.73. The van der Waals surface area contributed by atoms with Gasteiger partial charge < -0.3 is 18.9 Å². The van der Waals surface area contributed by atoms with Crippen molar-refractivity contribution in [3.63, 3.8) is 0 Å². The molecule has 0 aliphatic heterocycles. The lowest BCUT2D eigenvalue weighted by Gasteiger charge is -2.14. The topological polar surface area (TPSA) is 54.0 Å². The normalized spacial score (nSPS) is 12.4. The zero-order chi connectivity index (χ0) is 22.3. The van der Waals surface area contributed by atoms with Crippen molar-refractivity contribution in [2.24, 2.45) is 11.8 Å². The molecule has 0 amide bonds. The van der Waals surface area contributed by atoms with E-state index in [0.29, 0.717) is 58.4 Å². The van der Waals surface area contributed by atoms with Gasteiger partial charge in [0, 0.05) is 19.6 Å².